The topological polar surface area (TPSA) is 158 Å². The zero-order chi connectivity index (χ0) is 37.5. The van der Waals surface area contributed by atoms with Gasteiger partial charge in [0.1, 0.15) is 35.8 Å². The van der Waals surface area contributed by atoms with Gasteiger partial charge in [-0.05, 0) is 59.2 Å². The third kappa shape index (κ3) is 7.47. The molecule has 12 nitrogen and oxygen atoms in total. The monoisotopic (exact) mass is 717 g/mol. The fourth-order valence-electron chi connectivity index (χ4n) is 6.71. The molecule has 1 unspecified atom stereocenters. The molecule has 1 aliphatic heterocycles. The Morgan fingerprint density at radius 1 is 0.868 bits per heavy atom. The molecule has 0 spiro atoms. The van der Waals surface area contributed by atoms with E-state index in [1.54, 1.807) is 68.8 Å². The summed E-state index contributed by atoms with van der Waals surface area (Å²) >= 11 is 0. The van der Waals surface area contributed by atoms with Gasteiger partial charge in [0.05, 0.1) is 32.8 Å². The first-order valence-corrected chi connectivity index (χ1v) is 16.8. The molecule has 3 N–H and O–H groups in total. The molecule has 5 aromatic rings. The number of hydrogen-bond donors (Lipinski definition) is 3. The molecule has 4 aromatic carbocycles. The quantitative estimate of drug-likeness (QED) is 0.0935. The number of aliphatic hydroxyl groups excluding tert-OH is 2. The number of anilines is 1. The number of methoxy groups -OCH3 is 3. The second-order valence-electron chi connectivity index (χ2n) is 12.3. The minimum Gasteiger partial charge on any atom is -0.497 e. The number of rotatable bonds is 12. The van der Waals surface area contributed by atoms with Crippen molar-refractivity contribution in [1.82, 2.24) is 9.55 Å². The number of aromatic nitrogens is 2. The zero-order valence-corrected chi connectivity index (χ0v) is 29.3. The Balaban J connectivity index is 1.42. The van der Waals surface area contributed by atoms with Crippen LogP contribution in [0.2, 0.25) is 0 Å². The van der Waals surface area contributed by atoms with E-state index >= 15 is 0 Å². The van der Waals surface area contributed by atoms with Crippen LogP contribution in [0.4, 0.5) is 5.82 Å². The van der Waals surface area contributed by atoms with Crippen LogP contribution in [0.5, 0.6) is 11.5 Å². The number of ether oxygens (including phenoxy) is 4. The molecule has 0 bridgehead atoms. The van der Waals surface area contributed by atoms with E-state index in [4.69, 9.17) is 18.9 Å². The van der Waals surface area contributed by atoms with Gasteiger partial charge in [0.25, 0.3) is 5.91 Å². The van der Waals surface area contributed by atoms with E-state index in [9.17, 15) is 24.6 Å². The molecule has 12 heteroatoms. The third-order valence-corrected chi connectivity index (χ3v) is 9.37. The van der Waals surface area contributed by atoms with Gasteiger partial charge in [-0.3, -0.25) is 9.36 Å². The summed E-state index contributed by atoms with van der Waals surface area (Å²) in [5.74, 6) is -0.0624. The smallest absolute Gasteiger partial charge is 0.351 e. The van der Waals surface area contributed by atoms with Gasteiger partial charge in [0, 0.05) is 29.8 Å². The highest BCUT2D eigenvalue weighted by Gasteiger charge is 2.52. The molecule has 53 heavy (non-hydrogen) atoms. The molecule has 272 valence electrons. The Bertz CT molecular complexity index is 2070. The predicted octanol–water partition coefficient (Wildman–Crippen LogP) is 4.74. The number of carbonyl (C=O) groups is 2. The van der Waals surface area contributed by atoms with Crippen LogP contribution in [-0.2, 0) is 19.7 Å². The largest absolute Gasteiger partial charge is 0.497 e. The highest BCUT2D eigenvalue weighted by Crippen LogP contribution is 2.47. The number of aliphatic hydroxyl groups is 2. The third-order valence-electron chi connectivity index (χ3n) is 9.37. The Hall–Kier alpha value is -6.08. The summed E-state index contributed by atoms with van der Waals surface area (Å²) in [5.41, 5.74) is 0.518. The first kappa shape index (κ1) is 36.7. The molecule has 1 aromatic heterocycles. The second-order valence-corrected chi connectivity index (χ2v) is 12.3. The van der Waals surface area contributed by atoms with Crippen LogP contribution in [-0.4, -0.2) is 71.3 Å². The Morgan fingerprint density at radius 3 is 1.96 bits per heavy atom. The zero-order valence-electron chi connectivity index (χ0n) is 29.3. The molecule has 4 atom stereocenters. The van der Waals surface area contributed by atoms with Crippen LogP contribution in [0.25, 0.3) is 6.08 Å². The molecule has 1 fully saturated rings. The van der Waals surface area contributed by atoms with Crippen molar-refractivity contribution in [2.75, 3.05) is 26.6 Å². The summed E-state index contributed by atoms with van der Waals surface area (Å²) in [6.45, 7) is 0. The lowest BCUT2D eigenvalue weighted by Gasteiger charge is -2.43. The molecule has 2 heterocycles. The number of benzene rings is 4. The van der Waals surface area contributed by atoms with Crippen LogP contribution in [0.3, 0.4) is 0 Å². The second kappa shape index (κ2) is 16.1. The molecule has 0 radical (unpaired) electrons. The minimum absolute atomic E-state index is 0.0880. The molecule has 0 aliphatic carbocycles. The first-order chi connectivity index (χ1) is 25.7. The van der Waals surface area contributed by atoms with E-state index in [1.165, 1.54) is 19.4 Å². The van der Waals surface area contributed by atoms with Crippen molar-refractivity contribution in [2.45, 2.75) is 36.4 Å². The van der Waals surface area contributed by atoms with Gasteiger partial charge in [-0.1, -0.05) is 72.8 Å². The summed E-state index contributed by atoms with van der Waals surface area (Å²) < 4.78 is 23.2. The SMILES string of the molecule is COC(=O)C=Cc1cn([C@H]2C[C@H](O)[C@@H](C(O)C(c3ccccc3)(c3ccc(OC)cc3)c3ccc(OC)cc3)O2)c(=O)nc1NC(=O)c1ccccc1. The van der Waals surface area contributed by atoms with Crippen molar-refractivity contribution in [3.05, 3.63) is 160 Å². The number of amides is 1. The summed E-state index contributed by atoms with van der Waals surface area (Å²) in [5, 5.41) is 27.0. The van der Waals surface area contributed by atoms with Crippen LogP contribution in [0, 0.1) is 0 Å². The van der Waals surface area contributed by atoms with Gasteiger partial charge >= 0.3 is 11.7 Å². The summed E-state index contributed by atoms with van der Waals surface area (Å²) in [7, 11) is 4.35. The molecule has 1 saturated heterocycles. The van der Waals surface area contributed by atoms with Crippen molar-refractivity contribution in [3.63, 3.8) is 0 Å². The molecule has 0 saturated carbocycles. The maximum atomic E-state index is 13.6. The van der Waals surface area contributed by atoms with Crippen LogP contribution < -0.4 is 20.5 Å². The summed E-state index contributed by atoms with van der Waals surface area (Å²) in [6.07, 6.45) is -1.21. The molecular formula is C41H39N3O9. The lowest BCUT2D eigenvalue weighted by Crippen LogP contribution is -2.51. The number of hydrogen-bond acceptors (Lipinski definition) is 10. The first-order valence-electron chi connectivity index (χ1n) is 16.8. The molecule has 1 aliphatic rings. The van der Waals surface area contributed by atoms with Gasteiger partial charge < -0.3 is 34.5 Å². The molecule has 6 rings (SSSR count). The number of carbonyl (C=O) groups excluding carboxylic acids is 2. The Kier molecular flexibility index (Phi) is 11.1. The van der Waals surface area contributed by atoms with Crippen LogP contribution in [0.15, 0.2) is 126 Å². The molecule has 1 amide bonds. The van der Waals surface area contributed by atoms with Gasteiger partial charge in [0.2, 0.25) is 0 Å². The standard InChI is InChI=1S/C41H39N3O9/c1-50-31-19-15-29(16-20-31)41(28-12-8-5-9-13-28,30-17-21-32(51-2)22-18-30)37(47)36-33(45)24-34(53-36)44-25-27(14-23-35(46)52-3)38(43-40(44)49)42-39(48)26-10-6-4-7-11-26/h4-23,25,33-34,36-37,45,47H,24H2,1-3H3,(H,42,43,48,49)/t33-,34+,36-,37?/m0/s1. The van der Waals surface area contributed by atoms with E-state index < -0.39 is 47.5 Å². The average molecular weight is 718 g/mol. The lowest BCUT2D eigenvalue weighted by atomic mass is 9.64. The fourth-order valence-corrected chi connectivity index (χ4v) is 6.71. The van der Waals surface area contributed by atoms with E-state index in [1.807, 2.05) is 54.6 Å². The maximum absolute atomic E-state index is 13.6. The van der Waals surface area contributed by atoms with Gasteiger partial charge in [-0.25, -0.2) is 9.59 Å². The molecular weight excluding hydrogens is 678 g/mol. The van der Waals surface area contributed by atoms with Gasteiger partial charge in [-0.15, -0.1) is 0 Å². The maximum Gasteiger partial charge on any atom is 0.351 e. The Morgan fingerprint density at radius 2 is 1.42 bits per heavy atom. The van der Waals surface area contributed by atoms with Crippen molar-refractivity contribution >= 4 is 23.8 Å². The van der Waals surface area contributed by atoms with Crippen LogP contribution >= 0.6 is 0 Å². The van der Waals surface area contributed by atoms with Crippen molar-refractivity contribution in [3.8, 4) is 11.5 Å². The van der Waals surface area contributed by atoms with Gasteiger partial charge in [0.15, 0.2) is 0 Å². The predicted molar refractivity (Wildman–Crippen MR) is 197 cm³/mol. The number of nitrogens with one attached hydrogen (secondary N) is 1. The number of esters is 1. The minimum atomic E-state index is -1.42. The average Bonchev–Trinajstić information content (AvgIpc) is 3.59. The summed E-state index contributed by atoms with van der Waals surface area (Å²) in [4.78, 5) is 42.8. The van der Waals surface area contributed by atoms with E-state index in [2.05, 4.69) is 10.3 Å². The lowest BCUT2D eigenvalue weighted by molar-refractivity contribution is -0.134. The van der Waals surface area contributed by atoms with E-state index in [-0.39, 0.29) is 17.8 Å². The highest BCUT2D eigenvalue weighted by atomic mass is 16.5. The van der Waals surface area contributed by atoms with Crippen molar-refractivity contribution in [1.29, 1.82) is 0 Å². The van der Waals surface area contributed by atoms with E-state index in [0.29, 0.717) is 28.2 Å². The highest BCUT2D eigenvalue weighted by molar-refractivity contribution is 6.04. The summed E-state index contributed by atoms with van der Waals surface area (Å²) in [6, 6.07) is 32.4. The van der Waals surface area contributed by atoms with Crippen LogP contribution in [0.1, 0.15) is 45.3 Å². The van der Waals surface area contributed by atoms with Gasteiger partial charge in [-0.2, -0.15) is 4.98 Å². The van der Waals surface area contributed by atoms with E-state index in [0.717, 1.165) is 16.2 Å². The van der Waals surface area contributed by atoms with Crippen molar-refractivity contribution < 1.29 is 38.7 Å². The normalized spacial score (nSPS) is 17.6. The van der Waals surface area contributed by atoms with Crippen molar-refractivity contribution in [2.24, 2.45) is 0 Å². The fraction of sp³-hybridized carbons (Fsp3) is 0.220. The number of nitrogens with zero attached hydrogens (tertiary/aromatic N) is 2. The Labute approximate surface area is 305 Å².